The van der Waals surface area contributed by atoms with Crippen LogP contribution in [0.25, 0.3) is 0 Å². The minimum atomic E-state index is -0.732. The van der Waals surface area contributed by atoms with Gasteiger partial charge >= 0.3 is 0 Å². The molecule has 1 N–H and O–H groups in total. The summed E-state index contributed by atoms with van der Waals surface area (Å²) < 4.78 is 25.8. The lowest BCUT2D eigenvalue weighted by atomic mass is 10.2. The molecule has 18 heavy (non-hydrogen) atoms. The lowest BCUT2D eigenvalue weighted by molar-refractivity contribution is 0.0959. The molecule has 0 bridgehead atoms. The summed E-state index contributed by atoms with van der Waals surface area (Å²) in [6.45, 7) is 0. The van der Waals surface area contributed by atoms with Gasteiger partial charge in [-0.2, -0.15) is 5.10 Å². The lowest BCUT2D eigenvalue weighted by Crippen LogP contribution is -2.16. The van der Waals surface area contributed by atoms with Gasteiger partial charge in [0.1, 0.15) is 11.6 Å². The molecule has 0 unspecified atom stereocenters. The van der Waals surface area contributed by atoms with E-state index in [1.54, 1.807) is 17.5 Å². The summed E-state index contributed by atoms with van der Waals surface area (Å²) >= 11 is 1.27. The van der Waals surface area contributed by atoms with Gasteiger partial charge in [0.2, 0.25) is 0 Å². The van der Waals surface area contributed by atoms with Crippen molar-refractivity contribution < 1.29 is 13.6 Å². The smallest absolute Gasteiger partial charge is 0.266 e. The van der Waals surface area contributed by atoms with Gasteiger partial charge in [0, 0.05) is 11.6 Å². The van der Waals surface area contributed by atoms with Crippen LogP contribution in [-0.4, -0.2) is 12.1 Å². The van der Waals surface area contributed by atoms with Gasteiger partial charge in [-0.25, -0.2) is 14.2 Å². The highest BCUT2D eigenvalue weighted by molar-refractivity contribution is 7.12. The number of hydrogen-bond donors (Lipinski definition) is 1. The second-order valence-electron chi connectivity index (χ2n) is 3.34. The molecule has 0 spiro atoms. The number of hydrazone groups is 1. The van der Waals surface area contributed by atoms with Gasteiger partial charge in [0.15, 0.2) is 0 Å². The number of amides is 1. The molecular formula is C12H8F2N2OS. The molecule has 0 radical (unpaired) electrons. The normalized spacial score (nSPS) is 10.8. The lowest BCUT2D eigenvalue weighted by Gasteiger charge is -1.97. The van der Waals surface area contributed by atoms with Crippen LogP contribution in [0.3, 0.4) is 0 Å². The van der Waals surface area contributed by atoms with Crippen LogP contribution < -0.4 is 5.43 Å². The molecule has 3 nitrogen and oxygen atoms in total. The maximum atomic E-state index is 13.2. The van der Waals surface area contributed by atoms with E-state index in [-0.39, 0.29) is 11.5 Å². The molecule has 1 heterocycles. The predicted molar refractivity (Wildman–Crippen MR) is 65.7 cm³/mol. The fourth-order valence-corrected chi connectivity index (χ4v) is 1.84. The van der Waals surface area contributed by atoms with Gasteiger partial charge in [0.05, 0.1) is 11.1 Å². The number of nitrogens with zero attached hydrogens (tertiary/aromatic N) is 1. The molecule has 92 valence electrons. The third-order valence-electron chi connectivity index (χ3n) is 2.08. The zero-order valence-corrected chi connectivity index (χ0v) is 9.88. The van der Waals surface area contributed by atoms with E-state index < -0.39 is 11.6 Å². The number of halogens is 2. The van der Waals surface area contributed by atoms with Crippen molar-refractivity contribution in [3.05, 3.63) is 57.8 Å². The van der Waals surface area contributed by atoms with Crippen molar-refractivity contribution in [2.75, 3.05) is 0 Å². The number of carbonyl (C=O) groups is 1. The van der Waals surface area contributed by atoms with Gasteiger partial charge < -0.3 is 0 Å². The molecular weight excluding hydrogens is 258 g/mol. The Morgan fingerprint density at radius 1 is 1.33 bits per heavy atom. The van der Waals surface area contributed by atoms with Crippen molar-refractivity contribution in [3.8, 4) is 0 Å². The molecule has 1 aromatic heterocycles. The van der Waals surface area contributed by atoms with E-state index in [1.807, 2.05) is 0 Å². The Morgan fingerprint density at radius 3 is 2.83 bits per heavy atom. The Kier molecular flexibility index (Phi) is 3.78. The highest BCUT2D eigenvalue weighted by Crippen LogP contribution is 2.08. The predicted octanol–water partition coefficient (Wildman–Crippen LogP) is 2.79. The largest absolute Gasteiger partial charge is 0.281 e. The molecule has 2 rings (SSSR count). The third-order valence-corrected chi connectivity index (χ3v) is 2.95. The summed E-state index contributed by atoms with van der Waals surface area (Å²) in [7, 11) is 0. The van der Waals surface area contributed by atoms with Crippen molar-refractivity contribution in [3.63, 3.8) is 0 Å². The van der Waals surface area contributed by atoms with Crippen LogP contribution in [-0.2, 0) is 0 Å². The molecule has 0 atom stereocenters. The van der Waals surface area contributed by atoms with Gasteiger partial charge in [-0.05, 0) is 23.6 Å². The first-order valence-corrected chi connectivity index (χ1v) is 5.87. The Balaban J connectivity index is 2.01. The van der Waals surface area contributed by atoms with E-state index in [0.29, 0.717) is 4.88 Å². The molecule has 0 saturated carbocycles. The number of nitrogens with one attached hydrogen (secondary N) is 1. The molecule has 0 aliphatic heterocycles. The Bertz CT molecular complexity index is 582. The van der Waals surface area contributed by atoms with E-state index in [2.05, 4.69) is 10.5 Å². The summed E-state index contributed by atoms with van der Waals surface area (Å²) in [5.74, 6) is -1.76. The zero-order valence-electron chi connectivity index (χ0n) is 9.06. The first kappa shape index (κ1) is 12.4. The first-order valence-electron chi connectivity index (χ1n) is 4.99. The summed E-state index contributed by atoms with van der Waals surface area (Å²) in [5, 5.41) is 5.37. The SMILES string of the molecule is O=C(N/N=C\c1ccc(F)cc1F)c1cccs1. The van der Waals surface area contributed by atoms with Crippen LogP contribution in [0.15, 0.2) is 40.8 Å². The summed E-state index contributed by atoms with van der Waals surface area (Å²) in [6, 6.07) is 6.50. The Hall–Kier alpha value is -2.08. The summed E-state index contributed by atoms with van der Waals surface area (Å²) in [4.78, 5) is 12.0. The summed E-state index contributed by atoms with van der Waals surface area (Å²) in [6.07, 6.45) is 1.13. The van der Waals surface area contributed by atoms with Crippen molar-refractivity contribution in [1.29, 1.82) is 0 Å². The van der Waals surface area contributed by atoms with E-state index in [4.69, 9.17) is 0 Å². The van der Waals surface area contributed by atoms with Crippen LogP contribution in [0.1, 0.15) is 15.2 Å². The molecule has 2 aromatic rings. The van der Waals surface area contributed by atoms with E-state index in [0.717, 1.165) is 18.3 Å². The van der Waals surface area contributed by atoms with E-state index in [9.17, 15) is 13.6 Å². The number of rotatable bonds is 3. The quantitative estimate of drug-likeness (QED) is 0.673. The van der Waals surface area contributed by atoms with Crippen molar-refractivity contribution in [1.82, 2.24) is 5.43 Å². The molecule has 0 aliphatic carbocycles. The van der Waals surface area contributed by atoms with Crippen LogP contribution in [0, 0.1) is 11.6 Å². The molecule has 6 heteroatoms. The van der Waals surface area contributed by atoms with Crippen LogP contribution in [0.4, 0.5) is 8.78 Å². The second kappa shape index (κ2) is 5.50. The van der Waals surface area contributed by atoms with Gasteiger partial charge in [-0.15, -0.1) is 11.3 Å². The standard InChI is InChI=1S/C12H8F2N2OS/c13-9-4-3-8(10(14)6-9)7-15-16-12(17)11-2-1-5-18-11/h1-7H,(H,16,17)/b15-7-. The van der Waals surface area contributed by atoms with Gasteiger partial charge in [0.25, 0.3) is 5.91 Å². The Labute approximate surface area is 106 Å². The average Bonchev–Trinajstić information content (AvgIpc) is 2.85. The highest BCUT2D eigenvalue weighted by atomic mass is 32.1. The zero-order chi connectivity index (χ0) is 13.0. The fourth-order valence-electron chi connectivity index (χ4n) is 1.23. The van der Waals surface area contributed by atoms with Crippen LogP contribution in [0.5, 0.6) is 0 Å². The molecule has 0 aliphatic rings. The monoisotopic (exact) mass is 266 g/mol. The van der Waals surface area contributed by atoms with Crippen LogP contribution in [0.2, 0.25) is 0 Å². The van der Waals surface area contributed by atoms with Crippen molar-refractivity contribution in [2.24, 2.45) is 5.10 Å². The first-order chi connectivity index (χ1) is 8.66. The van der Waals surface area contributed by atoms with Crippen LogP contribution >= 0.6 is 11.3 Å². The highest BCUT2D eigenvalue weighted by Gasteiger charge is 2.04. The average molecular weight is 266 g/mol. The minimum Gasteiger partial charge on any atom is -0.266 e. The number of benzene rings is 1. The maximum Gasteiger partial charge on any atom is 0.281 e. The topological polar surface area (TPSA) is 41.5 Å². The molecule has 1 amide bonds. The third kappa shape index (κ3) is 2.98. The van der Waals surface area contributed by atoms with E-state index >= 15 is 0 Å². The Morgan fingerprint density at radius 2 is 2.17 bits per heavy atom. The van der Waals surface area contributed by atoms with Gasteiger partial charge in [-0.3, -0.25) is 4.79 Å². The van der Waals surface area contributed by atoms with Gasteiger partial charge in [-0.1, -0.05) is 6.07 Å². The van der Waals surface area contributed by atoms with E-state index in [1.165, 1.54) is 17.4 Å². The molecule has 0 fully saturated rings. The maximum absolute atomic E-state index is 13.2. The fraction of sp³-hybridized carbons (Fsp3) is 0. The van der Waals surface area contributed by atoms with Crippen molar-refractivity contribution >= 4 is 23.5 Å². The number of thiophene rings is 1. The molecule has 1 aromatic carbocycles. The molecule has 0 saturated heterocycles. The summed E-state index contributed by atoms with van der Waals surface area (Å²) in [5.41, 5.74) is 2.36. The van der Waals surface area contributed by atoms with Crippen molar-refractivity contribution in [2.45, 2.75) is 0 Å². The number of hydrogen-bond acceptors (Lipinski definition) is 3. The second-order valence-corrected chi connectivity index (χ2v) is 4.29. The number of carbonyl (C=O) groups excluding carboxylic acids is 1. The minimum absolute atomic E-state index is 0.0999.